The maximum absolute atomic E-state index is 13.8. The Kier molecular flexibility index (Phi) is 7.40. The van der Waals surface area contributed by atoms with Gasteiger partial charge < -0.3 is 26.2 Å². The van der Waals surface area contributed by atoms with Gasteiger partial charge in [0.05, 0.1) is 11.6 Å². The van der Waals surface area contributed by atoms with Crippen molar-refractivity contribution in [1.82, 2.24) is 9.80 Å². The summed E-state index contributed by atoms with van der Waals surface area (Å²) in [5.41, 5.74) is 2.62. The van der Waals surface area contributed by atoms with E-state index in [-0.39, 0.29) is 35.8 Å². The van der Waals surface area contributed by atoms with Gasteiger partial charge in [0, 0.05) is 29.1 Å². The molecule has 1 aromatic carbocycles. The Morgan fingerprint density at radius 1 is 1.18 bits per heavy atom. The van der Waals surface area contributed by atoms with Gasteiger partial charge in [0.25, 0.3) is 5.91 Å². The third-order valence-corrected chi connectivity index (χ3v) is 9.28. The molecule has 0 spiro atoms. The molecule has 4 rings (SSSR count). The smallest absolute Gasteiger partial charge is 0.255 e. The van der Waals surface area contributed by atoms with Crippen LogP contribution in [0.15, 0.2) is 28.7 Å². The van der Waals surface area contributed by atoms with E-state index >= 15 is 0 Å². The number of carbonyl (C=O) groups excluding carboxylic acids is 3. The lowest BCUT2D eigenvalue weighted by Crippen LogP contribution is -2.63. The van der Waals surface area contributed by atoms with Crippen molar-refractivity contribution in [3.05, 3.63) is 50.4 Å². The highest BCUT2D eigenvalue weighted by atomic mass is 35.5. The number of hydrogen-bond acceptors (Lipinski definition) is 9. The minimum atomic E-state index is -2.67. The lowest BCUT2D eigenvalue weighted by molar-refractivity contribution is -0.148. The van der Waals surface area contributed by atoms with Gasteiger partial charge in [-0.05, 0) is 69.9 Å². The van der Waals surface area contributed by atoms with E-state index in [4.69, 9.17) is 17.3 Å². The van der Waals surface area contributed by atoms with Gasteiger partial charge in [-0.3, -0.25) is 24.2 Å². The quantitative estimate of drug-likeness (QED) is 0.327. The van der Waals surface area contributed by atoms with Crippen LogP contribution in [0.2, 0.25) is 5.02 Å². The molecule has 0 bridgehead atoms. The van der Waals surface area contributed by atoms with Gasteiger partial charge in [-0.2, -0.15) is 0 Å². The van der Waals surface area contributed by atoms with E-state index in [1.807, 2.05) is 7.05 Å². The third-order valence-electron chi connectivity index (χ3n) is 8.81. The molecule has 10 nitrogen and oxygen atoms in total. The first-order valence-electron chi connectivity index (χ1n) is 12.9. The second kappa shape index (κ2) is 9.92. The van der Waals surface area contributed by atoms with Crippen molar-refractivity contribution in [1.29, 1.82) is 0 Å². The second-order valence-electron chi connectivity index (χ2n) is 11.6. The highest BCUT2D eigenvalue weighted by Gasteiger charge is 2.63. The summed E-state index contributed by atoms with van der Waals surface area (Å²) in [6.07, 6.45) is 0.162. The van der Waals surface area contributed by atoms with Gasteiger partial charge in [-0.1, -0.05) is 25.4 Å². The summed E-state index contributed by atoms with van der Waals surface area (Å²) in [7, 11) is 5.12. The number of nitrogens with two attached hydrogens (primary N) is 1. The maximum atomic E-state index is 13.8. The number of hydrogen-bond donors (Lipinski definition) is 5. The fourth-order valence-electron chi connectivity index (χ4n) is 6.39. The predicted molar refractivity (Wildman–Crippen MR) is 144 cm³/mol. The van der Waals surface area contributed by atoms with Crippen molar-refractivity contribution < 1.29 is 34.8 Å². The number of aliphatic hydroxyl groups excluding tert-OH is 2. The fraction of sp³-hybridized carbons (Fsp3) is 0.536. The number of phenols is 1. The molecule has 0 aliphatic heterocycles. The number of amides is 1. The Morgan fingerprint density at radius 3 is 2.33 bits per heavy atom. The molecule has 11 heteroatoms. The van der Waals surface area contributed by atoms with Crippen LogP contribution in [-0.4, -0.2) is 86.5 Å². The maximum Gasteiger partial charge on any atom is 0.255 e. The molecule has 0 heterocycles. The number of ketones is 2. The van der Waals surface area contributed by atoms with Crippen molar-refractivity contribution >= 4 is 29.1 Å². The van der Waals surface area contributed by atoms with Gasteiger partial charge in [-0.15, -0.1) is 0 Å². The number of aliphatic hydroxyl groups is 3. The van der Waals surface area contributed by atoms with Crippen LogP contribution in [-0.2, 0) is 22.6 Å². The number of halogens is 1. The standard InChI is InChI=1S/C28H36ClN3O7/c1-11(2)12(3)32(6)10-14-9-17(33)19-15(21(14)29)7-13-8-16-22(31(4)5)24(35)20(27(30)38)26(37)28(16,39)25(36)18(13)23(19)34/h9,11-13,16,22,33,35-36,39H,7-8,10H2,1-6H3,(H2,30,38)/t12-,13-,16-,22-,28-/m0/s1. The summed E-state index contributed by atoms with van der Waals surface area (Å²) in [6.45, 7) is 6.73. The van der Waals surface area contributed by atoms with Crippen LogP contribution in [0.1, 0.15) is 48.7 Å². The van der Waals surface area contributed by atoms with Crippen molar-refractivity contribution in [2.75, 3.05) is 21.1 Å². The summed E-state index contributed by atoms with van der Waals surface area (Å²) in [5.74, 6) is -6.48. The van der Waals surface area contributed by atoms with Crippen molar-refractivity contribution in [2.45, 2.75) is 57.8 Å². The van der Waals surface area contributed by atoms with Gasteiger partial charge in [0.1, 0.15) is 22.8 Å². The number of rotatable bonds is 6. The molecule has 3 aliphatic carbocycles. The molecule has 212 valence electrons. The number of aromatic hydroxyl groups is 1. The summed E-state index contributed by atoms with van der Waals surface area (Å²) < 4.78 is 0. The van der Waals surface area contributed by atoms with Crippen molar-refractivity contribution in [3.8, 4) is 5.75 Å². The van der Waals surface area contributed by atoms with Gasteiger partial charge in [0.15, 0.2) is 11.4 Å². The average Bonchev–Trinajstić information content (AvgIpc) is 2.83. The number of carbonyl (C=O) groups is 3. The molecule has 39 heavy (non-hydrogen) atoms. The van der Waals surface area contributed by atoms with E-state index in [0.717, 1.165) is 0 Å². The van der Waals surface area contributed by atoms with Crippen LogP contribution in [0.5, 0.6) is 5.75 Å². The molecule has 1 amide bonds. The summed E-state index contributed by atoms with van der Waals surface area (Å²) >= 11 is 6.82. The Bertz CT molecular complexity index is 1330. The second-order valence-corrected chi connectivity index (χ2v) is 12.0. The third kappa shape index (κ3) is 4.25. The summed E-state index contributed by atoms with van der Waals surface area (Å²) in [5, 5.41) is 45.1. The highest BCUT2D eigenvalue weighted by molar-refractivity contribution is 6.33. The number of primary amides is 1. The topological polar surface area (TPSA) is 165 Å². The lowest BCUT2D eigenvalue weighted by Gasteiger charge is -2.50. The van der Waals surface area contributed by atoms with Crippen molar-refractivity contribution in [3.63, 3.8) is 0 Å². The molecular weight excluding hydrogens is 526 g/mol. The van der Waals surface area contributed by atoms with Crippen LogP contribution >= 0.6 is 11.6 Å². The minimum absolute atomic E-state index is 0.0113. The zero-order chi connectivity index (χ0) is 29.3. The van der Waals surface area contributed by atoms with E-state index in [1.54, 1.807) is 14.1 Å². The molecule has 0 saturated carbocycles. The van der Waals surface area contributed by atoms with Crippen molar-refractivity contribution in [2.24, 2.45) is 23.5 Å². The number of likely N-dealkylation sites (N-methyl/N-ethyl adjacent to an activating group) is 1. The molecule has 0 saturated heterocycles. The largest absolute Gasteiger partial charge is 0.510 e. The SMILES string of the molecule is CC(C)[C@H](C)N(C)Cc1cc(O)c2c(c1Cl)C[C@H]1C[C@H]3[C@H](N(C)C)C(O)=C(C(N)=O)C(=O)[C@@]3(O)C(O)=C1C2=O. The van der Waals surface area contributed by atoms with Crippen LogP contribution in [0.3, 0.4) is 0 Å². The number of phenolic OH excluding ortho intramolecular Hbond substituents is 1. The molecule has 0 fully saturated rings. The predicted octanol–water partition coefficient (Wildman–Crippen LogP) is 2.25. The highest BCUT2D eigenvalue weighted by Crippen LogP contribution is 2.53. The van der Waals surface area contributed by atoms with E-state index in [2.05, 4.69) is 25.7 Å². The molecule has 1 aromatic rings. The van der Waals surface area contributed by atoms with E-state index < -0.39 is 58.0 Å². The van der Waals surface area contributed by atoms with Crippen LogP contribution in [0, 0.1) is 17.8 Å². The molecule has 6 N–H and O–H groups in total. The molecule has 3 aliphatic rings. The normalized spacial score (nSPS) is 27.7. The number of nitrogens with zero attached hydrogens (tertiary/aromatic N) is 2. The summed E-state index contributed by atoms with van der Waals surface area (Å²) in [6, 6.07) is 0.610. The number of fused-ring (bicyclic) bond motifs is 3. The Morgan fingerprint density at radius 2 is 1.79 bits per heavy atom. The Balaban J connectivity index is 1.86. The number of benzene rings is 1. The van der Waals surface area contributed by atoms with Gasteiger partial charge >= 0.3 is 0 Å². The molecular formula is C28H36ClN3O7. The minimum Gasteiger partial charge on any atom is -0.510 e. The number of Topliss-reactive ketones (excluding diaryl/α,β-unsaturated/α-hetero) is 2. The summed E-state index contributed by atoms with van der Waals surface area (Å²) in [4.78, 5) is 42.8. The Hall–Kier alpha value is -2.92. The zero-order valence-corrected chi connectivity index (χ0v) is 23.7. The number of allylic oxidation sites excluding steroid dienone is 1. The molecule has 0 unspecified atom stereocenters. The average molecular weight is 562 g/mol. The lowest BCUT2D eigenvalue weighted by atomic mass is 9.58. The molecule has 0 radical (unpaired) electrons. The molecule has 0 aromatic heterocycles. The zero-order valence-electron chi connectivity index (χ0n) is 22.9. The van der Waals surface area contributed by atoms with Gasteiger partial charge in [-0.25, -0.2) is 0 Å². The van der Waals surface area contributed by atoms with E-state index in [9.17, 15) is 34.8 Å². The van der Waals surface area contributed by atoms with Crippen LogP contribution in [0.4, 0.5) is 0 Å². The first kappa shape index (κ1) is 29.1. The monoisotopic (exact) mass is 561 g/mol. The van der Waals surface area contributed by atoms with E-state index in [1.165, 1.54) is 11.0 Å². The van der Waals surface area contributed by atoms with Gasteiger partial charge in [0.2, 0.25) is 5.78 Å². The molecule has 5 atom stereocenters. The first-order valence-corrected chi connectivity index (χ1v) is 13.3. The van der Waals surface area contributed by atoms with Crippen LogP contribution in [0.25, 0.3) is 0 Å². The Labute approximate surface area is 232 Å². The fourth-order valence-corrected chi connectivity index (χ4v) is 6.68. The first-order chi connectivity index (χ1) is 18.0. The van der Waals surface area contributed by atoms with Crippen LogP contribution < -0.4 is 5.73 Å². The van der Waals surface area contributed by atoms with E-state index in [0.29, 0.717) is 28.6 Å².